The van der Waals surface area contributed by atoms with E-state index in [1.54, 1.807) is 0 Å². The van der Waals surface area contributed by atoms with Crippen LogP contribution in [-0.4, -0.2) is 13.1 Å². The summed E-state index contributed by atoms with van der Waals surface area (Å²) in [5, 5.41) is 3.33. The molecule has 0 aromatic heterocycles. The van der Waals surface area contributed by atoms with Crippen LogP contribution in [-0.2, 0) is 0 Å². The normalized spacial score (nSPS) is 15.1. The first-order valence-electron chi connectivity index (χ1n) is 6.60. The molecule has 0 atom stereocenters. The predicted octanol–water partition coefficient (Wildman–Crippen LogP) is 3.87. The Morgan fingerprint density at radius 1 is 0.895 bits per heavy atom. The van der Waals surface area contributed by atoms with E-state index in [4.69, 9.17) is 0 Å². The Morgan fingerprint density at radius 3 is 2.32 bits per heavy atom. The van der Waals surface area contributed by atoms with Gasteiger partial charge in [0.1, 0.15) is 5.82 Å². The van der Waals surface area contributed by atoms with Gasteiger partial charge < -0.3 is 5.32 Å². The van der Waals surface area contributed by atoms with Crippen LogP contribution in [0.5, 0.6) is 0 Å². The monoisotopic (exact) mass is 253 g/mol. The first-order valence-corrected chi connectivity index (χ1v) is 6.60. The molecule has 1 nitrogen and oxygen atoms in total. The Hall–Kier alpha value is -1.93. The highest BCUT2D eigenvalue weighted by atomic mass is 19.1. The standard InChI is InChI=1S/C17H16FN/c18-15-7-5-13(6-8-15)16-3-1-2-4-17(16)14-9-11-19-12-10-14/h1-9,19H,10-12H2. The van der Waals surface area contributed by atoms with Crippen LogP contribution in [0.2, 0.25) is 0 Å². The van der Waals surface area contributed by atoms with Gasteiger partial charge in [0.25, 0.3) is 0 Å². The molecule has 1 aliphatic heterocycles. The highest BCUT2D eigenvalue weighted by Gasteiger charge is 2.11. The maximum atomic E-state index is 13.0. The summed E-state index contributed by atoms with van der Waals surface area (Å²) in [5.74, 6) is -0.192. The first-order chi connectivity index (χ1) is 9.34. The van der Waals surface area contributed by atoms with E-state index < -0.39 is 0 Å². The van der Waals surface area contributed by atoms with E-state index in [0.29, 0.717) is 0 Å². The number of hydrogen-bond acceptors (Lipinski definition) is 1. The lowest BCUT2D eigenvalue weighted by Crippen LogP contribution is -2.20. The fourth-order valence-corrected chi connectivity index (χ4v) is 2.51. The third-order valence-corrected chi connectivity index (χ3v) is 3.49. The van der Waals surface area contributed by atoms with Crippen molar-refractivity contribution in [3.8, 4) is 11.1 Å². The summed E-state index contributed by atoms with van der Waals surface area (Å²) in [4.78, 5) is 0. The molecule has 2 heteroatoms. The minimum absolute atomic E-state index is 0.192. The van der Waals surface area contributed by atoms with E-state index in [9.17, 15) is 4.39 Å². The second kappa shape index (κ2) is 5.37. The molecule has 0 aliphatic carbocycles. The van der Waals surface area contributed by atoms with Crippen LogP contribution in [0, 0.1) is 5.82 Å². The lowest BCUT2D eigenvalue weighted by atomic mass is 9.92. The van der Waals surface area contributed by atoms with E-state index >= 15 is 0 Å². The van der Waals surface area contributed by atoms with Crippen molar-refractivity contribution in [2.24, 2.45) is 0 Å². The van der Waals surface area contributed by atoms with Gasteiger partial charge in [-0.2, -0.15) is 0 Å². The minimum atomic E-state index is -0.192. The van der Waals surface area contributed by atoms with Crippen molar-refractivity contribution in [1.29, 1.82) is 0 Å². The summed E-state index contributed by atoms with van der Waals surface area (Å²) in [7, 11) is 0. The maximum Gasteiger partial charge on any atom is 0.123 e. The third kappa shape index (κ3) is 2.59. The maximum absolute atomic E-state index is 13.0. The molecule has 0 bridgehead atoms. The quantitative estimate of drug-likeness (QED) is 0.856. The second-order valence-corrected chi connectivity index (χ2v) is 4.74. The first kappa shape index (κ1) is 12.1. The third-order valence-electron chi connectivity index (χ3n) is 3.49. The van der Waals surface area contributed by atoms with Gasteiger partial charge in [0.05, 0.1) is 0 Å². The van der Waals surface area contributed by atoms with E-state index in [1.807, 2.05) is 18.2 Å². The largest absolute Gasteiger partial charge is 0.313 e. The van der Waals surface area contributed by atoms with Crippen molar-refractivity contribution in [2.45, 2.75) is 6.42 Å². The zero-order valence-corrected chi connectivity index (χ0v) is 10.7. The molecule has 0 spiro atoms. The van der Waals surface area contributed by atoms with E-state index in [2.05, 4.69) is 29.6 Å². The summed E-state index contributed by atoms with van der Waals surface area (Å²) >= 11 is 0. The molecule has 0 saturated heterocycles. The Bertz CT molecular complexity index is 599. The summed E-state index contributed by atoms with van der Waals surface area (Å²) in [6.45, 7) is 1.94. The van der Waals surface area contributed by atoms with Crippen molar-refractivity contribution in [2.75, 3.05) is 13.1 Å². The molecule has 96 valence electrons. The van der Waals surface area contributed by atoms with E-state index in [-0.39, 0.29) is 5.82 Å². The lowest BCUT2D eigenvalue weighted by Gasteiger charge is -2.17. The Morgan fingerprint density at radius 2 is 1.63 bits per heavy atom. The number of halogens is 1. The highest BCUT2D eigenvalue weighted by Crippen LogP contribution is 2.31. The van der Waals surface area contributed by atoms with Crippen molar-refractivity contribution in [3.63, 3.8) is 0 Å². The molecule has 0 radical (unpaired) electrons. The summed E-state index contributed by atoms with van der Waals surface area (Å²) in [6, 6.07) is 15.1. The lowest BCUT2D eigenvalue weighted by molar-refractivity contribution is 0.628. The molecule has 1 N–H and O–H groups in total. The molecule has 0 saturated carbocycles. The second-order valence-electron chi connectivity index (χ2n) is 4.74. The fourth-order valence-electron chi connectivity index (χ4n) is 2.51. The van der Waals surface area contributed by atoms with Gasteiger partial charge >= 0.3 is 0 Å². The SMILES string of the molecule is Fc1ccc(-c2ccccc2C2=CCNCC2)cc1. The smallest absolute Gasteiger partial charge is 0.123 e. The predicted molar refractivity (Wildman–Crippen MR) is 77.3 cm³/mol. The van der Waals surface area contributed by atoms with Crippen LogP contribution in [0.3, 0.4) is 0 Å². The fraction of sp³-hybridized carbons (Fsp3) is 0.176. The average Bonchev–Trinajstić information content (AvgIpc) is 2.49. The zero-order chi connectivity index (χ0) is 13.1. The molecule has 2 aromatic rings. The molecular weight excluding hydrogens is 237 g/mol. The van der Waals surface area contributed by atoms with Gasteiger partial charge in [-0.05, 0) is 47.4 Å². The molecule has 0 fully saturated rings. The van der Waals surface area contributed by atoms with Crippen LogP contribution in [0.25, 0.3) is 16.7 Å². The van der Waals surface area contributed by atoms with Crippen LogP contribution in [0.4, 0.5) is 4.39 Å². The minimum Gasteiger partial charge on any atom is -0.313 e. The van der Waals surface area contributed by atoms with Gasteiger partial charge in [-0.3, -0.25) is 0 Å². The molecule has 0 amide bonds. The van der Waals surface area contributed by atoms with Gasteiger partial charge in [-0.25, -0.2) is 4.39 Å². The topological polar surface area (TPSA) is 12.0 Å². The molecule has 1 heterocycles. The molecule has 2 aromatic carbocycles. The summed E-state index contributed by atoms with van der Waals surface area (Å²) in [5.41, 5.74) is 4.88. The van der Waals surface area contributed by atoms with Crippen LogP contribution >= 0.6 is 0 Å². The van der Waals surface area contributed by atoms with Crippen molar-refractivity contribution >= 4 is 5.57 Å². The summed E-state index contributed by atoms with van der Waals surface area (Å²) in [6.07, 6.45) is 3.28. The number of benzene rings is 2. The van der Waals surface area contributed by atoms with Gasteiger partial charge in [0.2, 0.25) is 0 Å². The number of hydrogen-bond donors (Lipinski definition) is 1. The van der Waals surface area contributed by atoms with Crippen LogP contribution < -0.4 is 5.32 Å². The van der Waals surface area contributed by atoms with Crippen LogP contribution in [0.1, 0.15) is 12.0 Å². The molecule has 19 heavy (non-hydrogen) atoms. The highest BCUT2D eigenvalue weighted by molar-refractivity contribution is 5.81. The molecular formula is C17H16FN. The Labute approximate surface area is 112 Å². The van der Waals surface area contributed by atoms with Gasteiger partial charge in [-0.1, -0.05) is 42.5 Å². The van der Waals surface area contributed by atoms with Gasteiger partial charge in [-0.15, -0.1) is 0 Å². The van der Waals surface area contributed by atoms with Gasteiger partial charge in [0, 0.05) is 6.54 Å². The summed E-state index contributed by atoms with van der Waals surface area (Å²) < 4.78 is 13.0. The van der Waals surface area contributed by atoms with Gasteiger partial charge in [0.15, 0.2) is 0 Å². The van der Waals surface area contributed by atoms with Crippen molar-refractivity contribution < 1.29 is 4.39 Å². The molecule has 3 rings (SSSR count). The Balaban J connectivity index is 2.06. The number of nitrogens with one attached hydrogen (secondary N) is 1. The number of rotatable bonds is 2. The molecule has 0 unspecified atom stereocenters. The van der Waals surface area contributed by atoms with E-state index in [1.165, 1.54) is 28.8 Å². The Kier molecular flexibility index (Phi) is 3.43. The van der Waals surface area contributed by atoms with E-state index in [0.717, 1.165) is 25.1 Å². The zero-order valence-electron chi connectivity index (χ0n) is 10.7. The van der Waals surface area contributed by atoms with Crippen molar-refractivity contribution in [1.82, 2.24) is 5.32 Å². The molecule has 1 aliphatic rings. The average molecular weight is 253 g/mol. The van der Waals surface area contributed by atoms with Crippen LogP contribution in [0.15, 0.2) is 54.6 Å². The van der Waals surface area contributed by atoms with Crippen molar-refractivity contribution in [3.05, 3.63) is 66.0 Å².